The summed E-state index contributed by atoms with van der Waals surface area (Å²) in [6.07, 6.45) is 13.2. The predicted molar refractivity (Wildman–Crippen MR) is 243 cm³/mol. The first-order valence-corrected chi connectivity index (χ1v) is 20.0. The van der Waals surface area contributed by atoms with Crippen LogP contribution in [0.2, 0.25) is 0 Å². The topological polar surface area (TPSA) is 0 Å². The van der Waals surface area contributed by atoms with E-state index in [0.29, 0.717) is 0 Å². The minimum absolute atomic E-state index is 1.00. The van der Waals surface area contributed by atoms with Crippen molar-refractivity contribution in [1.82, 2.24) is 0 Å². The molecule has 0 aliphatic carbocycles. The molecule has 7 aromatic carbocycles. The summed E-state index contributed by atoms with van der Waals surface area (Å²) >= 11 is 0. The van der Waals surface area contributed by atoms with Gasteiger partial charge in [0.15, 0.2) is 0 Å². The Morgan fingerprint density at radius 2 is 1.11 bits per heavy atom. The lowest BCUT2D eigenvalue weighted by Gasteiger charge is -2.19. The van der Waals surface area contributed by atoms with Crippen molar-refractivity contribution in [3.63, 3.8) is 0 Å². The molecule has 0 aliphatic heterocycles. The normalized spacial score (nSPS) is 11.4. The zero-order chi connectivity index (χ0) is 38.5. The molecule has 0 atom stereocenters. The molecule has 0 aromatic heterocycles. The highest BCUT2D eigenvalue weighted by molar-refractivity contribution is 6.19. The van der Waals surface area contributed by atoms with Gasteiger partial charge in [0, 0.05) is 0 Å². The average Bonchev–Trinajstić information content (AvgIpc) is 3.21. The third-order valence-corrected chi connectivity index (χ3v) is 10.3. The van der Waals surface area contributed by atoms with Crippen molar-refractivity contribution >= 4 is 43.5 Å². The quantitative estimate of drug-likeness (QED) is 0.104. The minimum atomic E-state index is 1.00. The fourth-order valence-electron chi connectivity index (χ4n) is 7.14. The van der Waals surface area contributed by atoms with Crippen LogP contribution in [0.4, 0.5) is 0 Å². The van der Waals surface area contributed by atoms with E-state index in [9.17, 15) is 0 Å². The molecule has 0 saturated carbocycles. The van der Waals surface area contributed by atoms with Gasteiger partial charge in [0.1, 0.15) is 0 Å². The van der Waals surface area contributed by atoms with Gasteiger partial charge in [0.05, 0.1) is 0 Å². The van der Waals surface area contributed by atoms with Crippen LogP contribution in [0.25, 0.3) is 65.7 Å². The highest BCUT2D eigenvalue weighted by Gasteiger charge is 2.17. The van der Waals surface area contributed by atoms with Gasteiger partial charge >= 0.3 is 0 Å². The van der Waals surface area contributed by atoms with Crippen LogP contribution < -0.4 is 0 Å². The Kier molecular flexibility index (Phi) is 14.4. The second-order valence-corrected chi connectivity index (χ2v) is 14.3. The second kappa shape index (κ2) is 19.6. The summed E-state index contributed by atoms with van der Waals surface area (Å²) in [7, 11) is 0. The Hall–Kier alpha value is -5.46. The number of hydrogen-bond donors (Lipinski definition) is 0. The lowest BCUT2D eigenvalue weighted by molar-refractivity contribution is 0.772. The van der Waals surface area contributed by atoms with Crippen molar-refractivity contribution in [2.45, 2.75) is 80.6 Å². The van der Waals surface area contributed by atoms with Crippen molar-refractivity contribution in [3.8, 4) is 22.3 Å². The number of benzene rings is 7. The van der Waals surface area contributed by atoms with Gasteiger partial charge in [0.25, 0.3) is 0 Å². The summed E-state index contributed by atoms with van der Waals surface area (Å²) in [4.78, 5) is 0. The molecule has 0 fully saturated rings. The van der Waals surface area contributed by atoms with E-state index >= 15 is 0 Å². The number of unbranched alkanes of at least 4 members (excludes halogenated alkanes) is 3. The fourth-order valence-corrected chi connectivity index (χ4v) is 7.14. The number of fused-ring (bicyclic) bond motifs is 3. The van der Waals surface area contributed by atoms with Gasteiger partial charge in [-0.3, -0.25) is 0 Å². The zero-order valence-electron chi connectivity index (χ0n) is 33.7. The van der Waals surface area contributed by atoms with Crippen molar-refractivity contribution in [3.05, 3.63) is 181 Å². The summed E-state index contributed by atoms with van der Waals surface area (Å²) < 4.78 is 0. The van der Waals surface area contributed by atoms with E-state index in [0.717, 1.165) is 11.1 Å². The largest absolute Gasteiger partial charge is 0.0912 e. The van der Waals surface area contributed by atoms with Crippen LogP contribution in [0.1, 0.15) is 89.0 Å². The van der Waals surface area contributed by atoms with E-state index in [2.05, 4.69) is 201 Å². The van der Waals surface area contributed by atoms with Gasteiger partial charge < -0.3 is 0 Å². The Balaban J connectivity index is 0.000000561. The molecule has 0 nitrogen and oxygen atoms in total. The number of rotatable bonds is 9. The molecule has 0 amide bonds. The van der Waals surface area contributed by atoms with Crippen LogP contribution in [-0.2, 0) is 0 Å². The standard InChI is InChI=1S/C45H36.C5H12.C4H10/c1-30(34-17-6-5-7-18-34)15-14-16-32(3)44-39-21-10-12-23-41(39)45(42-24-13-11-22-40(42)44)36-26-25-31(2)43(29-36)38-28-27-35-19-8-9-20-37(35)33(38)4;1-3-5-4-2;1-3-4-2/h5-29H,1H2,2-4H3;3-5H2,1-2H3;3-4H2,1-2H3/b15-14-,32-16+;;. The number of hydrogen-bond acceptors (Lipinski definition) is 0. The van der Waals surface area contributed by atoms with Crippen molar-refractivity contribution < 1.29 is 0 Å². The molecule has 54 heavy (non-hydrogen) atoms. The maximum Gasteiger partial charge on any atom is -0.00262 e. The molecule has 0 unspecified atom stereocenters. The van der Waals surface area contributed by atoms with Crippen LogP contribution in [0, 0.1) is 13.8 Å². The molecule has 0 aliphatic rings. The molecule has 0 radical (unpaired) electrons. The van der Waals surface area contributed by atoms with Gasteiger partial charge in [-0.15, -0.1) is 0 Å². The first-order chi connectivity index (χ1) is 26.3. The second-order valence-electron chi connectivity index (χ2n) is 14.3. The molecule has 0 heterocycles. The predicted octanol–water partition coefficient (Wildman–Crippen LogP) is 16.8. The van der Waals surface area contributed by atoms with Gasteiger partial charge in [0.2, 0.25) is 0 Å². The van der Waals surface area contributed by atoms with E-state index in [1.165, 1.54) is 109 Å². The Morgan fingerprint density at radius 3 is 1.69 bits per heavy atom. The van der Waals surface area contributed by atoms with Crippen LogP contribution in [0.15, 0.2) is 158 Å². The van der Waals surface area contributed by atoms with E-state index in [1.54, 1.807) is 0 Å². The van der Waals surface area contributed by atoms with E-state index in [1.807, 2.05) is 6.07 Å². The Bertz CT molecular complexity index is 2320. The summed E-state index contributed by atoms with van der Waals surface area (Å²) in [6.45, 7) is 19.8. The molecule has 0 heteroatoms. The van der Waals surface area contributed by atoms with Crippen LogP contribution in [0.5, 0.6) is 0 Å². The fraction of sp³-hybridized carbons (Fsp3) is 0.222. The van der Waals surface area contributed by atoms with Crippen LogP contribution in [0.3, 0.4) is 0 Å². The Morgan fingerprint density at radius 1 is 0.556 bits per heavy atom. The molecular formula is C54H58. The first-order valence-electron chi connectivity index (χ1n) is 20.0. The Labute approximate surface area is 325 Å². The van der Waals surface area contributed by atoms with Crippen LogP contribution in [-0.4, -0.2) is 0 Å². The molecule has 0 N–H and O–H groups in total. The molecular weight excluding hydrogens is 649 g/mol. The highest BCUT2D eigenvalue weighted by Crippen LogP contribution is 2.43. The zero-order valence-corrected chi connectivity index (χ0v) is 33.7. The SMILES string of the molecule is C=C(/C=C\C=C(/C)c1c2ccccc2c(-c2ccc(C)c(-c3ccc4ccccc4c3C)c2)c2ccccc12)c1ccccc1.CCCC.CCCCC. The first kappa shape index (κ1) is 39.7. The summed E-state index contributed by atoms with van der Waals surface area (Å²) in [6, 6.07) is 48.3. The average molecular weight is 707 g/mol. The molecule has 0 saturated heterocycles. The van der Waals surface area contributed by atoms with Crippen molar-refractivity contribution in [1.29, 1.82) is 0 Å². The molecule has 0 bridgehead atoms. The number of allylic oxidation sites excluding steroid dienone is 5. The maximum absolute atomic E-state index is 4.28. The van der Waals surface area contributed by atoms with Crippen molar-refractivity contribution in [2.75, 3.05) is 0 Å². The molecule has 7 rings (SSSR count). The monoisotopic (exact) mass is 706 g/mol. The summed E-state index contributed by atoms with van der Waals surface area (Å²) in [5, 5.41) is 7.65. The van der Waals surface area contributed by atoms with E-state index < -0.39 is 0 Å². The smallest absolute Gasteiger partial charge is 0.00262 e. The molecule has 7 aromatic rings. The van der Waals surface area contributed by atoms with Gasteiger partial charge in [-0.2, -0.15) is 0 Å². The lowest BCUT2D eigenvalue weighted by Crippen LogP contribution is -1.94. The number of aryl methyl sites for hydroxylation is 2. The van der Waals surface area contributed by atoms with Crippen molar-refractivity contribution in [2.24, 2.45) is 0 Å². The summed E-state index contributed by atoms with van der Waals surface area (Å²) in [5.74, 6) is 0. The van der Waals surface area contributed by atoms with Gasteiger partial charge in [-0.05, 0) is 115 Å². The van der Waals surface area contributed by atoms with Gasteiger partial charge in [-0.1, -0.05) is 212 Å². The molecule has 274 valence electrons. The molecule has 0 spiro atoms. The lowest BCUT2D eigenvalue weighted by atomic mass is 9.84. The van der Waals surface area contributed by atoms with Gasteiger partial charge in [-0.25, -0.2) is 0 Å². The van der Waals surface area contributed by atoms with Crippen LogP contribution >= 0.6 is 0 Å². The minimum Gasteiger partial charge on any atom is -0.0912 e. The third kappa shape index (κ3) is 9.18. The summed E-state index contributed by atoms with van der Waals surface area (Å²) in [5.41, 5.74) is 12.3. The van der Waals surface area contributed by atoms with E-state index in [4.69, 9.17) is 0 Å². The third-order valence-electron chi connectivity index (χ3n) is 10.3. The highest BCUT2D eigenvalue weighted by atomic mass is 14.2. The van der Waals surface area contributed by atoms with E-state index in [-0.39, 0.29) is 0 Å². The maximum atomic E-state index is 4.28.